The van der Waals surface area contributed by atoms with E-state index >= 15 is 0 Å². The number of aromatic nitrogens is 2. The molecule has 1 aromatic heterocycles. The number of aliphatic hydroxyl groups excluding tert-OH is 1. The molecule has 0 saturated carbocycles. The minimum absolute atomic E-state index is 0.0536. The lowest BCUT2D eigenvalue weighted by Gasteiger charge is -2.13. The maximum atomic E-state index is 12.0. The monoisotopic (exact) mass is 323 g/mol. The average molecular weight is 324 g/mol. The van der Waals surface area contributed by atoms with Gasteiger partial charge in [-0.1, -0.05) is 22.0 Å². The Hall–Kier alpha value is -1.66. The van der Waals surface area contributed by atoms with Crippen LogP contribution in [0.25, 0.3) is 5.69 Å². The first-order valence-electron chi connectivity index (χ1n) is 5.79. The van der Waals surface area contributed by atoms with Crippen molar-refractivity contribution in [3.8, 4) is 5.69 Å². The van der Waals surface area contributed by atoms with Gasteiger partial charge in [0.2, 0.25) is 0 Å². The summed E-state index contributed by atoms with van der Waals surface area (Å²) in [5.41, 5.74) is 1.37. The third-order valence-electron chi connectivity index (χ3n) is 2.68. The molecule has 6 heteroatoms. The fourth-order valence-electron chi connectivity index (χ4n) is 1.67. The van der Waals surface area contributed by atoms with Crippen LogP contribution in [0.4, 0.5) is 0 Å². The fourth-order valence-corrected chi connectivity index (χ4v) is 2.05. The van der Waals surface area contributed by atoms with Crippen LogP contribution in [0.5, 0.6) is 0 Å². The van der Waals surface area contributed by atoms with Crippen LogP contribution in [0.3, 0.4) is 0 Å². The van der Waals surface area contributed by atoms with Crippen molar-refractivity contribution < 1.29 is 9.90 Å². The van der Waals surface area contributed by atoms with Crippen molar-refractivity contribution in [1.82, 2.24) is 14.7 Å². The number of likely N-dealkylation sites (N-methyl/N-ethyl adjacent to an activating group) is 1. The number of nitrogens with zero attached hydrogens (tertiary/aromatic N) is 3. The first-order chi connectivity index (χ1) is 9.11. The van der Waals surface area contributed by atoms with Gasteiger partial charge in [-0.05, 0) is 18.2 Å². The number of carbonyl (C=O) groups excluding carboxylic acids is 1. The molecule has 100 valence electrons. The molecular formula is C13H14BrN3O2. The molecule has 0 aliphatic carbocycles. The van der Waals surface area contributed by atoms with Gasteiger partial charge in [-0.3, -0.25) is 4.79 Å². The lowest BCUT2D eigenvalue weighted by molar-refractivity contribution is 0.0767. The van der Waals surface area contributed by atoms with Crippen LogP contribution in [-0.4, -0.2) is 45.9 Å². The van der Waals surface area contributed by atoms with Gasteiger partial charge in [0, 0.05) is 24.3 Å². The summed E-state index contributed by atoms with van der Waals surface area (Å²) < 4.78 is 2.59. The molecule has 0 bridgehead atoms. The third-order valence-corrected chi connectivity index (χ3v) is 3.18. The Morgan fingerprint density at radius 3 is 3.00 bits per heavy atom. The molecule has 0 saturated heterocycles. The highest BCUT2D eigenvalue weighted by molar-refractivity contribution is 9.10. The van der Waals surface area contributed by atoms with Crippen LogP contribution < -0.4 is 0 Å². The lowest BCUT2D eigenvalue weighted by Crippen LogP contribution is -2.29. The van der Waals surface area contributed by atoms with Crippen molar-refractivity contribution in [2.24, 2.45) is 0 Å². The van der Waals surface area contributed by atoms with Gasteiger partial charge in [0.05, 0.1) is 24.1 Å². The van der Waals surface area contributed by atoms with E-state index in [2.05, 4.69) is 21.0 Å². The van der Waals surface area contributed by atoms with E-state index in [4.69, 9.17) is 5.11 Å². The predicted molar refractivity (Wildman–Crippen MR) is 75.3 cm³/mol. The van der Waals surface area contributed by atoms with Gasteiger partial charge in [-0.2, -0.15) is 5.10 Å². The normalized spacial score (nSPS) is 10.5. The number of hydrogen-bond acceptors (Lipinski definition) is 3. The zero-order valence-electron chi connectivity index (χ0n) is 10.5. The van der Waals surface area contributed by atoms with E-state index in [9.17, 15) is 4.79 Å². The van der Waals surface area contributed by atoms with E-state index in [1.807, 2.05) is 24.3 Å². The van der Waals surface area contributed by atoms with Gasteiger partial charge in [-0.25, -0.2) is 4.68 Å². The second-order valence-corrected chi connectivity index (χ2v) is 5.02. The van der Waals surface area contributed by atoms with E-state index in [0.717, 1.165) is 10.2 Å². The first-order valence-corrected chi connectivity index (χ1v) is 6.58. The van der Waals surface area contributed by atoms with Gasteiger partial charge in [0.1, 0.15) is 0 Å². The second-order valence-electron chi connectivity index (χ2n) is 4.10. The predicted octanol–water partition coefficient (Wildman–Crippen LogP) is 1.70. The Kier molecular flexibility index (Phi) is 4.34. The molecule has 1 heterocycles. The van der Waals surface area contributed by atoms with Crippen molar-refractivity contribution in [3.63, 3.8) is 0 Å². The van der Waals surface area contributed by atoms with Gasteiger partial charge >= 0.3 is 0 Å². The molecule has 1 amide bonds. The summed E-state index contributed by atoms with van der Waals surface area (Å²) in [6.45, 7) is 0.253. The summed E-state index contributed by atoms with van der Waals surface area (Å²) in [6, 6.07) is 7.65. The van der Waals surface area contributed by atoms with Crippen molar-refractivity contribution in [3.05, 3.63) is 46.7 Å². The Morgan fingerprint density at radius 2 is 2.32 bits per heavy atom. The van der Waals surface area contributed by atoms with E-state index in [-0.39, 0.29) is 12.5 Å². The standard InChI is InChI=1S/C13H14BrN3O2/c1-16(5-6-18)13(19)10-8-15-17(9-10)12-4-2-3-11(14)7-12/h2-4,7-9,18H,5-6H2,1H3. The topological polar surface area (TPSA) is 58.4 Å². The number of benzene rings is 1. The maximum Gasteiger partial charge on any atom is 0.256 e. The first kappa shape index (κ1) is 13.8. The zero-order chi connectivity index (χ0) is 13.8. The minimum atomic E-state index is -0.157. The molecule has 0 fully saturated rings. The lowest BCUT2D eigenvalue weighted by atomic mass is 10.3. The quantitative estimate of drug-likeness (QED) is 0.931. The highest BCUT2D eigenvalue weighted by atomic mass is 79.9. The highest BCUT2D eigenvalue weighted by Crippen LogP contribution is 2.15. The number of aliphatic hydroxyl groups is 1. The molecule has 0 aliphatic rings. The summed E-state index contributed by atoms with van der Waals surface area (Å²) in [4.78, 5) is 13.5. The van der Waals surface area contributed by atoms with E-state index in [0.29, 0.717) is 12.1 Å². The summed E-state index contributed by atoms with van der Waals surface area (Å²) in [5.74, 6) is -0.157. The van der Waals surface area contributed by atoms with Gasteiger partial charge in [-0.15, -0.1) is 0 Å². The number of hydrogen-bond donors (Lipinski definition) is 1. The molecule has 5 nitrogen and oxygen atoms in total. The van der Waals surface area contributed by atoms with Crippen LogP contribution in [-0.2, 0) is 0 Å². The summed E-state index contributed by atoms with van der Waals surface area (Å²) in [6.07, 6.45) is 3.20. The van der Waals surface area contributed by atoms with Gasteiger partial charge < -0.3 is 10.0 Å². The maximum absolute atomic E-state index is 12.0. The molecule has 0 radical (unpaired) electrons. The summed E-state index contributed by atoms with van der Waals surface area (Å²) in [7, 11) is 1.65. The van der Waals surface area contributed by atoms with Crippen molar-refractivity contribution in [2.45, 2.75) is 0 Å². The molecule has 0 spiro atoms. The fraction of sp³-hybridized carbons (Fsp3) is 0.231. The minimum Gasteiger partial charge on any atom is -0.395 e. The number of amides is 1. The summed E-state index contributed by atoms with van der Waals surface area (Å²) in [5, 5.41) is 13.0. The number of rotatable bonds is 4. The van der Waals surface area contributed by atoms with E-state index in [1.165, 1.54) is 11.1 Å². The van der Waals surface area contributed by atoms with Crippen LogP contribution in [0.2, 0.25) is 0 Å². The van der Waals surface area contributed by atoms with Crippen molar-refractivity contribution in [1.29, 1.82) is 0 Å². The Labute approximate surface area is 119 Å². The largest absolute Gasteiger partial charge is 0.395 e. The van der Waals surface area contributed by atoms with Crippen molar-refractivity contribution >= 4 is 21.8 Å². The Balaban J connectivity index is 2.22. The molecule has 19 heavy (non-hydrogen) atoms. The van der Waals surface area contributed by atoms with E-state index < -0.39 is 0 Å². The smallest absolute Gasteiger partial charge is 0.256 e. The SMILES string of the molecule is CN(CCO)C(=O)c1cnn(-c2cccc(Br)c2)c1. The molecule has 0 atom stereocenters. The molecule has 2 aromatic rings. The number of carbonyl (C=O) groups is 1. The van der Waals surface area contributed by atoms with Gasteiger partial charge in [0.15, 0.2) is 0 Å². The molecule has 2 rings (SSSR count). The van der Waals surface area contributed by atoms with Gasteiger partial charge in [0.25, 0.3) is 5.91 Å². The van der Waals surface area contributed by atoms with Crippen LogP contribution in [0, 0.1) is 0 Å². The van der Waals surface area contributed by atoms with Crippen LogP contribution in [0.1, 0.15) is 10.4 Å². The van der Waals surface area contributed by atoms with Crippen LogP contribution in [0.15, 0.2) is 41.1 Å². The zero-order valence-corrected chi connectivity index (χ0v) is 12.0. The molecule has 0 unspecified atom stereocenters. The third kappa shape index (κ3) is 3.21. The summed E-state index contributed by atoms with van der Waals surface area (Å²) >= 11 is 3.39. The molecule has 0 aliphatic heterocycles. The Morgan fingerprint density at radius 1 is 1.53 bits per heavy atom. The van der Waals surface area contributed by atoms with Crippen LogP contribution >= 0.6 is 15.9 Å². The second kappa shape index (κ2) is 5.99. The molecule has 1 aromatic carbocycles. The van der Waals surface area contributed by atoms with Crippen molar-refractivity contribution in [2.75, 3.05) is 20.2 Å². The Bertz CT molecular complexity index is 583. The average Bonchev–Trinajstić information content (AvgIpc) is 2.87. The molecular weight excluding hydrogens is 310 g/mol. The highest BCUT2D eigenvalue weighted by Gasteiger charge is 2.13. The number of halogens is 1. The van der Waals surface area contributed by atoms with E-state index in [1.54, 1.807) is 17.9 Å². The molecule has 1 N–H and O–H groups in total.